The fourth-order valence-electron chi connectivity index (χ4n) is 2.82. The second-order valence-corrected chi connectivity index (χ2v) is 6.75. The van der Waals surface area contributed by atoms with E-state index in [0.29, 0.717) is 29.2 Å². The van der Waals surface area contributed by atoms with Gasteiger partial charge in [-0.15, -0.1) is 0 Å². The molecule has 0 amide bonds. The Morgan fingerprint density at radius 1 is 0.700 bits per heavy atom. The van der Waals surface area contributed by atoms with Gasteiger partial charge in [0, 0.05) is 35.8 Å². The van der Waals surface area contributed by atoms with Crippen LogP contribution >= 0.6 is 0 Å². The zero-order chi connectivity index (χ0) is 21.3. The van der Waals surface area contributed by atoms with Crippen LogP contribution in [0, 0.1) is 0 Å². The summed E-state index contributed by atoms with van der Waals surface area (Å²) in [6, 6.07) is 14.8. The summed E-state index contributed by atoms with van der Waals surface area (Å²) in [5, 5.41) is 9.69. The Balaban J connectivity index is 1.78. The molecule has 0 radical (unpaired) electrons. The molecule has 0 aliphatic rings. The number of likely N-dealkylation sites (N-methyl/N-ethyl adjacent to an activating group) is 1. The third-order valence-corrected chi connectivity index (χ3v) is 4.57. The molecule has 0 saturated carbocycles. The highest BCUT2D eigenvalue weighted by molar-refractivity contribution is 5.61. The fraction of sp³-hybridized carbons (Fsp3) is 0.286. The van der Waals surface area contributed by atoms with Crippen molar-refractivity contribution in [3.05, 3.63) is 48.5 Å². The molecule has 158 valence electrons. The minimum absolute atomic E-state index is 0.429. The van der Waals surface area contributed by atoms with E-state index in [1.54, 1.807) is 0 Å². The second-order valence-electron chi connectivity index (χ2n) is 6.75. The number of rotatable bonds is 10. The van der Waals surface area contributed by atoms with E-state index in [2.05, 4.69) is 49.6 Å². The molecule has 2 aromatic carbocycles. The van der Waals surface area contributed by atoms with Gasteiger partial charge in [-0.1, -0.05) is 13.8 Å². The maximum absolute atomic E-state index is 5.77. The monoisotopic (exact) mass is 407 g/mol. The van der Waals surface area contributed by atoms with Crippen molar-refractivity contribution in [2.45, 2.75) is 13.8 Å². The lowest BCUT2D eigenvalue weighted by molar-refractivity contribution is 0.316. The topological polar surface area (TPSA) is 130 Å². The number of aromatic nitrogens is 3. The van der Waals surface area contributed by atoms with Gasteiger partial charge in [0.2, 0.25) is 17.8 Å². The summed E-state index contributed by atoms with van der Waals surface area (Å²) in [4.78, 5) is 15.8. The third-order valence-electron chi connectivity index (χ3n) is 4.57. The SMILES string of the molecule is CCN(CC)CCNc1nc(Nc2ccc(N)cc2)nc(Nc2ccc(N)cc2)n1. The molecule has 0 bridgehead atoms. The highest BCUT2D eigenvalue weighted by Crippen LogP contribution is 2.20. The summed E-state index contributed by atoms with van der Waals surface area (Å²) < 4.78 is 0. The average Bonchev–Trinajstić information content (AvgIpc) is 2.74. The Kier molecular flexibility index (Phi) is 7.23. The first-order valence-electron chi connectivity index (χ1n) is 10.0. The molecule has 9 heteroatoms. The van der Waals surface area contributed by atoms with Gasteiger partial charge in [0.15, 0.2) is 0 Å². The van der Waals surface area contributed by atoms with Crippen LogP contribution in [0.1, 0.15) is 13.8 Å². The van der Waals surface area contributed by atoms with Gasteiger partial charge in [0.05, 0.1) is 0 Å². The van der Waals surface area contributed by atoms with Gasteiger partial charge in [0.25, 0.3) is 0 Å². The van der Waals surface area contributed by atoms with Crippen LogP contribution in [-0.4, -0.2) is 46.0 Å². The lowest BCUT2D eigenvalue weighted by atomic mass is 10.3. The Morgan fingerprint density at radius 2 is 1.13 bits per heavy atom. The number of nitrogens with two attached hydrogens (primary N) is 2. The minimum atomic E-state index is 0.429. The number of nitrogens with one attached hydrogen (secondary N) is 3. The van der Waals surface area contributed by atoms with Crippen molar-refractivity contribution in [1.29, 1.82) is 0 Å². The molecule has 0 saturated heterocycles. The van der Waals surface area contributed by atoms with Crippen LogP contribution in [0.25, 0.3) is 0 Å². The number of hydrogen-bond acceptors (Lipinski definition) is 9. The van der Waals surface area contributed by atoms with Crippen LogP contribution in [0.15, 0.2) is 48.5 Å². The van der Waals surface area contributed by atoms with Crippen LogP contribution in [0.3, 0.4) is 0 Å². The van der Waals surface area contributed by atoms with Gasteiger partial charge < -0.3 is 32.3 Å². The fourth-order valence-corrected chi connectivity index (χ4v) is 2.82. The number of hydrogen-bond donors (Lipinski definition) is 5. The van der Waals surface area contributed by atoms with Crippen LogP contribution < -0.4 is 27.4 Å². The lowest BCUT2D eigenvalue weighted by Gasteiger charge is -2.18. The third kappa shape index (κ3) is 6.21. The zero-order valence-electron chi connectivity index (χ0n) is 17.4. The molecule has 0 fully saturated rings. The molecular weight excluding hydrogens is 378 g/mol. The highest BCUT2D eigenvalue weighted by Gasteiger charge is 2.08. The van der Waals surface area contributed by atoms with Crippen molar-refractivity contribution in [2.24, 2.45) is 0 Å². The Labute approximate surface area is 176 Å². The zero-order valence-corrected chi connectivity index (χ0v) is 17.4. The molecule has 0 atom stereocenters. The quantitative estimate of drug-likeness (QED) is 0.321. The summed E-state index contributed by atoms with van der Waals surface area (Å²) in [5.74, 6) is 1.35. The largest absolute Gasteiger partial charge is 0.399 e. The molecule has 0 unspecified atom stereocenters. The van der Waals surface area contributed by atoms with E-state index in [9.17, 15) is 0 Å². The predicted molar refractivity (Wildman–Crippen MR) is 124 cm³/mol. The molecule has 1 aromatic heterocycles. The summed E-state index contributed by atoms with van der Waals surface area (Å²) in [7, 11) is 0. The molecule has 0 aliphatic heterocycles. The Bertz CT molecular complexity index is 856. The van der Waals surface area contributed by atoms with E-state index in [0.717, 1.165) is 37.6 Å². The maximum atomic E-state index is 5.77. The molecule has 3 aromatic rings. The molecule has 3 rings (SSSR count). The van der Waals surface area contributed by atoms with E-state index in [-0.39, 0.29) is 0 Å². The lowest BCUT2D eigenvalue weighted by Crippen LogP contribution is -2.29. The van der Waals surface area contributed by atoms with Crippen molar-refractivity contribution in [3.63, 3.8) is 0 Å². The van der Waals surface area contributed by atoms with Gasteiger partial charge >= 0.3 is 0 Å². The highest BCUT2D eigenvalue weighted by atomic mass is 15.3. The first-order valence-corrected chi connectivity index (χ1v) is 10.0. The van der Waals surface area contributed by atoms with Crippen molar-refractivity contribution >= 4 is 40.6 Å². The Hall–Kier alpha value is -3.59. The van der Waals surface area contributed by atoms with Gasteiger partial charge in [-0.25, -0.2) is 0 Å². The molecule has 7 N–H and O–H groups in total. The molecule has 0 spiro atoms. The molecular formula is C21H29N9. The van der Waals surface area contributed by atoms with Gasteiger partial charge in [-0.05, 0) is 61.6 Å². The van der Waals surface area contributed by atoms with Crippen LogP contribution in [0.4, 0.5) is 40.6 Å². The van der Waals surface area contributed by atoms with Crippen molar-refractivity contribution < 1.29 is 0 Å². The van der Waals surface area contributed by atoms with E-state index in [1.165, 1.54) is 0 Å². The van der Waals surface area contributed by atoms with Crippen molar-refractivity contribution in [2.75, 3.05) is 53.6 Å². The van der Waals surface area contributed by atoms with Crippen molar-refractivity contribution in [3.8, 4) is 0 Å². The number of benzene rings is 2. The average molecular weight is 408 g/mol. The number of anilines is 7. The Morgan fingerprint density at radius 3 is 1.57 bits per heavy atom. The number of nitrogen functional groups attached to an aromatic ring is 2. The molecule has 9 nitrogen and oxygen atoms in total. The molecule has 1 heterocycles. The second kappa shape index (κ2) is 10.3. The minimum Gasteiger partial charge on any atom is -0.399 e. The van der Waals surface area contributed by atoms with Gasteiger partial charge in [-0.3, -0.25) is 0 Å². The van der Waals surface area contributed by atoms with E-state index in [4.69, 9.17) is 11.5 Å². The van der Waals surface area contributed by atoms with Crippen molar-refractivity contribution in [1.82, 2.24) is 19.9 Å². The maximum Gasteiger partial charge on any atom is 0.233 e. The first-order chi connectivity index (χ1) is 14.6. The smallest absolute Gasteiger partial charge is 0.233 e. The summed E-state index contributed by atoms with van der Waals surface area (Å²) in [6.07, 6.45) is 0. The summed E-state index contributed by atoms with van der Waals surface area (Å²) >= 11 is 0. The summed E-state index contributed by atoms with van der Waals surface area (Å²) in [6.45, 7) is 7.94. The normalized spacial score (nSPS) is 10.8. The first kappa shape index (κ1) is 21.1. The van der Waals surface area contributed by atoms with Gasteiger partial charge in [-0.2, -0.15) is 15.0 Å². The van der Waals surface area contributed by atoms with E-state index >= 15 is 0 Å². The van der Waals surface area contributed by atoms with E-state index in [1.807, 2.05) is 48.5 Å². The van der Waals surface area contributed by atoms with Crippen LogP contribution in [-0.2, 0) is 0 Å². The van der Waals surface area contributed by atoms with E-state index < -0.39 is 0 Å². The van der Waals surface area contributed by atoms with Crippen LogP contribution in [0.2, 0.25) is 0 Å². The van der Waals surface area contributed by atoms with Gasteiger partial charge in [0.1, 0.15) is 0 Å². The molecule has 0 aliphatic carbocycles. The number of nitrogens with zero attached hydrogens (tertiary/aromatic N) is 4. The predicted octanol–water partition coefficient (Wildman–Crippen LogP) is 3.28. The molecule has 30 heavy (non-hydrogen) atoms. The van der Waals surface area contributed by atoms with Crippen LogP contribution in [0.5, 0.6) is 0 Å². The summed E-state index contributed by atoms with van der Waals surface area (Å²) in [5.41, 5.74) is 14.6. The standard InChI is InChI=1S/C21H29N9/c1-3-30(4-2)14-13-24-19-27-20(25-17-9-5-15(22)6-10-17)29-21(28-19)26-18-11-7-16(23)8-12-18/h5-12H,3-4,13-14,22-23H2,1-2H3,(H3,24,25,26,27,28,29).